The van der Waals surface area contributed by atoms with Crippen LogP contribution < -0.4 is 16.0 Å². The average molecular weight is 583 g/mol. The van der Waals surface area contributed by atoms with Crippen LogP contribution in [0.4, 0.5) is 29.3 Å². The number of anilines is 2. The number of benzene rings is 3. The molecular formula is C29H29F3N6O2S. The van der Waals surface area contributed by atoms with Crippen LogP contribution in [-0.4, -0.2) is 23.4 Å². The van der Waals surface area contributed by atoms with E-state index in [4.69, 9.17) is 11.3 Å². The number of guanidine groups is 1. The lowest BCUT2D eigenvalue weighted by atomic mass is 9.84. The number of nitrogens with zero attached hydrogens (tertiary/aromatic N) is 3. The number of nitrogens with two attached hydrogens (primary N) is 1. The minimum atomic E-state index is -4.45. The fourth-order valence-electron chi connectivity index (χ4n) is 4.73. The zero-order valence-electron chi connectivity index (χ0n) is 22.0. The molecule has 3 aromatic carbocycles. The number of aliphatic imine (C=N–C) groups is 1. The van der Waals surface area contributed by atoms with E-state index in [1.54, 1.807) is 12.1 Å². The third-order valence-corrected chi connectivity index (χ3v) is 7.44. The van der Waals surface area contributed by atoms with Gasteiger partial charge in [-0.15, -0.1) is 5.11 Å². The molecule has 0 radical (unpaired) electrons. The van der Waals surface area contributed by atoms with Gasteiger partial charge >= 0.3 is 11.5 Å². The highest BCUT2D eigenvalue weighted by atomic mass is 32.2. The Kier molecular flexibility index (Phi) is 9.77. The Morgan fingerprint density at radius 2 is 1.68 bits per heavy atom. The number of carbonyl (C=O) groups is 2. The number of urea groups is 1. The van der Waals surface area contributed by atoms with Crippen LogP contribution in [0.25, 0.3) is 0 Å². The van der Waals surface area contributed by atoms with E-state index in [1.165, 1.54) is 66.1 Å². The first-order valence-electron chi connectivity index (χ1n) is 13.0. The summed E-state index contributed by atoms with van der Waals surface area (Å²) in [5.41, 5.74) is 10.7. The van der Waals surface area contributed by atoms with Crippen LogP contribution in [0.5, 0.6) is 0 Å². The van der Waals surface area contributed by atoms with E-state index in [1.807, 2.05) is 24.3 Å². The number of carbonyl (C=O) groups excluding carboxylic acids is 2. The van der Waals surface area contributed by atoms with Crippen molar-refractivity contribution in [2.75, 3.05) is 10.2 Å². The molecule has 0 saturated heterocycles. The van der Waals surface area contributed by atoms with Gasteiger partial charge in [-0.2, -0.15) is 18.2 Å². The van der Waals surface area contributed by atoms with Crippen LogP contribution in [0.1, 0.15) is 59.5 Å². The Morgan fingerprint density at radius 1 is 1.00 bits per heavy atom. The van der Waals surface area contributed by atoms with Crippen LogP contribution in [0.15, 0.2) is 87.8 Å². The van der Waals surface area contributed by atoms with Crippen molar-refractivity contribution in [3.8, 4) is 0 Å². The molecule has 1 aliphatic rings. The lowest BCUT2D eigenvalue weighted by Crippen LogP contribution is -2.34. The van der Waals surface area contributed by atoms with E-state index < -0.39 is 23.4 Å². The average Bonchev–Trinajstić information content (AvgIpc) is 2.96. The van der Waals surface area contributed by atoms with Gasteiger partial charge in [0.1, 0.15) is 0 Å². The van der Waals surface area contributed by atoms with Crippen molar-refractivity contribution in [2.45, 2.75) is 55.0 Å². The molecule has 214 valence electrons. The Morgan fingerprint density at radius 3 is 2.32 bits per heavy atom. The summed E-state index contributed by atoms with van der Waals surface area (Å²) < 4.78 is 38.6. The Bertz CT molecular complexity index is 1410. The Balaban J connectivity index is 1.57. The molecule has 8 nitrogen and oxygen atoms in total. The van der Waals surface area contributed by atoms with Crippen molar-refractivity contribution in [1.82, 2.24) is 0 Å². The van der Waals surface area contributed by atoms with Crippen molar-refractivity contribution in [3.05, 3.63) is 89.5 Å². The molecule has 1 fully saturated rings. The molecule has 3 aromatic rings. The number of rotatable bonds is 7. The summed E-state index contributed by atoms with van der Waals surface area (Å²) in [6, 6.07) is 19.2. The molecule has 41 heavy (non-hydrogen) atoms. The summed E-state index contributed by atoms with van der Waals surface area (Å²) in [6.07, 6.45) is 5.90. The van der Waals surface area contributed by atoms with Crippen LogP contribution >= 0.6 is 11.8 Å². The van der Waals surface area contributed by atoms with Gasteiger partial charge in [-0.3, -0.25) is 9.69 Å². The third kappa shape index (κ3) is 8.65. The molecule has 4 rings (SSSR count). The van der Waals surface area contributed by atoms with E-state index in [2.05, 4.69) is 15.4 Å². The second kappa shape index (κ2) is 13.4. The molecular weight excluding hydrogens is 553 g/mol. The van der Waals surface area contributed by atoms with Crippen molar-refractivity contribution in [2.24, 2.45) is 15.8 Å². The van der Waals surface area contributed by atoms with Gasteiger partial charge in [-0.25, -0.2) is 10.3 Å². The first-order valence-corrected chi connectivity index (χ1v) is 13.8. The van der Waals surface area contributed by atoms with Crippen LogP contribution in [-0.2, 0) is 6.54 Å². The van der Waals surface area contributed by atoms with Gasteiger partial charge in [0.25, 0.3) is 5.91 Å². The first kappa shape index (κ1) is 29.8. The standard InChI is InChI=1S/C29H29F3N6O2S/c30-29(31,32)41-25-8-4-7-23(17-25)35-28(40)38(24-15-13-21(14-16-24)20-5-2-1-3-6-20)18-19-9-11-22(12-10-19)26(39)36-27(33)37-34/h4,7-17,20,34H,1-3,5-6,18H2,(H,35,40)(H2,33,36,39). The maximum Gasteiger partial charge on any atom is 0.446 e. The fraction of sp³-hybridized carbons (Fsp3) is 0.276. The predicted molar refractivity (Wildman–Crippen MR) is 153 cm³/mol. The van der Waals surface area contributed by atoms with Gasteiger partial charge in [0.05, 0.1) is 6.54 Å². The van der Waals surface area contributed by atoms with Crippen LogP contribution in [0, 0.1) is 5.53 Å². The summed E-state index contributed by atoms with van der Waals surface area (Å²) in [5.74, 6) is -0.635. The molecule has 1 aliphatic carbocycles. The number of hydrogen-bond donors (Lipinski definition) is 3. The van der Waals surface area contributed by atoms with Gasteiger partial charge in [0, 0.05) is 21.8 Å². The first-order chi connectivity index (χ1) is 19.6. The van der Waals surface area contributed by atoms with Gasteiger partial charge in [-0.05, 0) is 84.1 Å². The Hall–Kier alpha value is -4.19. The molecule has 12 heteroatoms. The molecule has 0 bridgehead atoms. The highest BCUT2D eigenvalue weighted by Gasteiger charge is 2.29. The molecule has 4 N–H and O–H groups in total. The zero-order valence-corrected chi connectivity index (χ0v) is 22.8. The van der Waals surface area contributed by atoms with Gasteiger partial charge < -0.3 is 11.1 Å². The summed E-state index contributed by atoms with van der Waals surface area (Å²) in [6.45, 7) is 0.119. The second-order valence-electron chi connectivity index (χ2n) is 9.60. The zero-order chi connectivity index (χ0) is 29.4. The van der Waals surface area contributed by atoms with E-state index in [-0.39, 0.29) is 34.5 Å². The van der Waals surface area contributed by atoms with E-state index in [9.17, 15) is 22.8 Å². The number of thioether (sulfide) groups is 1. The lowest BCUT2D eigenvalue weighted by Gasteiger charge is -2.26. The SMILES string of the molecule is N=NC(N)=NC(=O)c1ccc(CN(C(=O)Nc2cccc(SC(F)(F)F)c2)c2ccc(C3CCCCC3)cc2)cc1. The molecule has 0 aromatic heterocycles. The van der Waals surface area contributed by atoms with Gasteiger partial charge in [0.2, 0.25) is 5.96 Å². The minimum absolute atomic E-state index is 0.0412. The van der Waals surface area contributed by atoms with E-state index in [0.29, 0.717) is 17.2 Å². The van der Waals surface area contributed by atoms with Crippen LogP contribution in [0.3, 0.4) is 0 Å². The molecule has 1 saturated carbocycles. The van der Waals surface area contributed by atoms with E-state index >= 15 is 0 Å². The second-order valence-corrected chi connectivity index (χ2v) is 10.7. The minimum Gasteiger partial charge on any atom is -0.366 e. The maximum atomic E-state index is 13.5. The topological polar surface area (TPSA) is 124 Å². The highest BCUT2D eigenvalue weighted by Crippen LogP contribution is 2.38. The smallest absolute Gasteiger partial charge is 0.366 e. The molecule has 0 spiro atoms. The van der Waals surface area contributed by atoms with Crippen molar-refractivity contribution >= 4 is 41.0 Å². The van der Waals surface area contributed by atoms with Gasteiger partial charge in [-0.1, -0.05) is 49.6 Å². The normalized spacial score (nSPS) is 14.4. The summed E-state index contributed by atoms with van der Waals surface area (Å²) in [5, 5.41) is 5.62. The van der Waals surface area contributed by atoms with E-state index in [0.717, 1.165) is 12.8 Å². The maximum absolute atomic E-state index is 13.5. The number of amides is 3. The summed E-state index contributed by atoms with van der Waals surface area (Å²) in [7, 11) is 0. The lowest BCUT2D eigenvalue weighted by molar-refractivity contribution is -0.0328. The highest BCUT2D eigenvalue weighted by molar-refractivity contribution is 8.00. The predicted octanol–water partition coefficient (Wildman–Crippen LogP) is 8.07. The monoisotopic (exact) mass is 582 g/mol. The molecule has 0 aliphatic heterocycles. The van der Waals surface area contributed by atoms with Crippen molar-refractivity contribution in [3.63, 3.8) is 0 Å². The number of nitrogens with one attached hydrogen (secondary N) is 2. The van der Waals surface area contributed by atoms with Crippen molar-refractivity contribution < 1.29 is 22.8 Å². The summed E-state index contributed by atoms with van der Waals surface area (Å²) in [4.78, 5) is 30.7. The van der Waals surface area contributed by atoms with Crippen LogP contribution in [0.2, 0.25) is 0 Å². The van der Waals surface area contributed by atoms with Gasteiger partial charge in [0.15, 0.2) is 0 Å². The molecule has 3 amide bonds. The quantitative estimate of drug-likeness (QED) is 0.113. The molecule has 0 heterocycles. The third-order valence-electron chi connectivity index (χ3n) is 6.72. The molecule has 0 unspecified atom stereocenters. The summed E-state index contributed by atoms with van der Waals surface area (Å²) >= 11 is -0.253. The molecule has 0 atom stereocenters. The largest absolute Gasteiger partial charge is 0.446 e. The number of halogens is 3. The number of hydrogen-bond acceptors (Lipinski definition) is 4. The fourth-order valence-corrected chi connectivity index (χ4v) is 5.33. The van der Waals surface area contributed by atoms with Crippen molar-refractivity contribution in [1.29, 1.82) is 5.53 Å². The number of alkyl halides is 3. The Labute approximate surface area is 239 Å².